The number of halogens is 1. The molecule has 2 aromatic heterocycles. The third-order valence-electron chi connectivity index (χ3n) is 4.16. The van der Waals surface area contributed by atoms with Crippen LogP contribution in [-0.4, -0.2) is 10.1 Å². The molecule has 0 spiro atoms. The second-order valence-corrected chi connectivity index (χ2v) is 7.49. The van der Waals surface area contributed by atoms with Crippen LogP contribution in [0.4, 0.5) is 0 Å². The molecule has 4 aromatic rings. The first-order valence-corrected chi connectivity index (χ1v) is 8.95. The van der Waals surface area contributed by atoms with Gasteiger partial charge >= 0.3 is 0 Å². The Hall–Kier alpha value is -2.56. The monoisotopic (exact) mass is 367 g/mol. The summed E-state index contributed by atoms with van der Waals surface area (Å²) in [6, 6.07) is 17.1. The van der Waals surface area contributed by atoms with Crippen LogP contribution in [0.5, 0.6) is 5.75 Å². The predicted molar refractivity (Wildman–Crippen MR) is 105 cm³/mol. The van der Waals surface area contributed by atoms with Crippen LogP contribution in [0.15, 0.2) is 59.4 Å². The Morgan fingerprint density at radius 3 is 2.44 bits per heavy atom. The summed E-state index contributed by atoms with van der Waals surface area (Å²) < 4.78 is 0.536. The first kappa shape index (κ1) is 15.9. The van der Waals surface area contributed by atoms with Gasteiger partial charge in [0.2, 0.25) is 0 Å². The van der Waals surface area contributed by atoms with E-state index < -0.39 is 0 Å². The molecular weight excluding hydrogens is 354 g/mol. The number of fused-ring (bicyclic) bond motifs is 1. The van der Waals surface area contributed by atoms with E-state index in [1.54, 1.807) is 0 Å². The highest BCUT2D eigenvalue weighted by Crippen LogP contribution is 2.46. The quantitative estimate of drug-likeness (QED) is 0.485. The zero-order valence-corrected chi connectivity index (χ0v) is 14.9. The van der Waals surface area contributed by atoms with Crippen LogP contribution in [-0.2, 0) is 0 Å². The van der Waals surface area contributed by atoms with Crippen LogP contribution in [0, 0.1) is 6.92 Å². The summed E-state index contributed by atoms with van der Waals surface area (Å²) >= 11 is 7.69. The molecular formula is C20H14ClNO2S. The van der Waals surface area contributed by atoms with E-state index in [0.29, 0.717) is 20.1 Å². The number of thiophene rings is 1. The van der Waals surface area contributed by atoms with E-state index in [9.17, 15) is 9.90 Å². The molecule has 0 aliphatic carbocycles. The molecule has 0 radical (unpaired) electrons. The minimum absolute atomic E-state index is 0.0358. The molecule has 25 heavy (non-hydrogen) atoms. The molecule has 0 amide bonds. The number of nitrogens with one attached hydrogen (secondary N) is 1. The lowest BCUT2D eigenvalue weighted by Crippen LogP contribution is -2.08. The number of pyridine rings is 1. The van der Waals surface area contributed by atoms with Crippen molar-refractivity contribution in [1.29, 1.82) is 0 Å². The van der Waals surface area contributed by atoms with E-state index in [1.165, 1.54) is 11.3 Å². The first-order chi connectivity index (χ1) is 12.1. The van der Waals surface area contributed by atoms with Crippen LogP contribution in [0.3, 0.4) is 0 Å². The Labute approximate surface area is 153 Å². The molecule has 0 saturated carbocycles. The van der Waals surface area contributed by atoms with Crippen LogP contribution >= 0.6 is 22.9 Å². The summed E-state index contributed by atoms with van der Waals surface area (Å²) in [5, 5.41) is 11.5. The molecule has 5 heteroatoms. The number of aryl methyl sites for hydroxylation is 1. The zero-order chi connectivity index (χ0) is 17.6. The Morgan fingerprint density at radius 1 is 1.00 bits per heavy atom. The third kappa shape index (κ3) is 2.64. The molecule has 2 heterocycles. The minimum atomic E-state index is -0.326. The fourth-order valence-electron chi connectivity index (χ4n) is 3.05. The number of benzene rings is 2. The second kappa shape index (κ2) is 6.06. The van der Waals surface area contributed by atoms with Gasteiger partial charge in [0.05, 0.1) is 10.9 Å². The fourth-order valence-corrected chi connectivity index (χ4v) is 4.43. The molecule has 0 unspecified atom stereocenters. The van der Waals surface area contributed by atoms with Crippen molar-refractivity contribution in [3.8, 4) is 28.0 Å². The second-order valence-electron chi connectivity index (χ2n) is 5.87. The molecule has 3 nitrogen and oxygen atoms in total. The summed E-state index contributed by atoms with van der Waals surface area (Å²) in [5.74, 6) is -0.0358. The average Bonchev–Trinajstić information content (AvgIpc) is 2.92. The molecule has 4 rings (SSSR count). The maximum atomic E-state index is 12.6. The SMILES string of the molecule is Cc1cccc(-c2c(O)c3c(-c4ccccc4)c(Cl)sc3[nH]c2=O)c1. The van der Waals surface area contributed by atoms with Gasteiger partial charge in [-0.1, -0.05) is 71.8 Å². The van der Waals surface area contributed by atoms with Crippen molar-refractivity contribution in [2.45, 2.75) is 6.92 Å². The van der Waals surface area contributed by atoms with Gasteiger partial charge < -0.3 is 10.1 Å². The van der Waals surface area contributed by atoms with Gasteiger partial charge in [0, 0.05) is 5.56 Å². The zero-order valence-electron chi connectivity index (χ0n) is 13.3. The van der Waals surface area contributed by atoms with Crippen molar-refractivity contribution < 1.29 is 5.11 Å². The van der Waals surface area contributed by atoms with E-state index in [0.717, 1.165) is 16.7 Å². The van der Waals surface area contributed by atoms with E-state index in [-0.39, 0.29) is 16.9 Å². The van der Waals surface area contributed by atoms with Crippen molar-refractivity contribution in [2.75, 3.05) is 0 Å². The normalized spacial score (nSPS) is 11.1. The van der Waals surface area contributed by atoms with Gasteiger partial charge in [0.1, 0.15) is 14.9 Å². The van der Waals surface area contributed by atoms with Gasteiger partial charge in [-0.3, -0.25) is 4.79 Å². The fraction of sp³-hybridized carbons (Fsp3) is 0.0500. The summed E-state index contributed by atoms with van der Waals surface area (Å²) in [4.78, 5) is 16.0. The Balaban J connectivity index is 2.09. The lowest BCUT2D eigenvalue weighted by atomic mass is 9.99. The molecule has 0 aliphatic rings. The maximum Gasteiger partial charge on any atom is 0.260 e. The standard InChI is InChI=1S/C20H14ClNO2S/c1-11-6-5-9-13(10-11)15-17(23)16-14(12-7-3-2-4-8-12)18(21)25-20(16)22-19(15)24/h2-10H,1H3,(H2,22,23,24). The number of rotatable bonds is 2. The minimum Gasteiger partial charge on any atom is -0.506 e. The van der Waals surface area contributed by atoms with Crippen LogP contribution < -0.4 is 5.56 Å². The lowest BCUT2D eigenvalue weighted by molar-refractivity contribution is 0.483. The summed E-state index contributed by atoms with van der Waals surface area (Å²) in [7, 11) is 0. The molecule has 2 aromatic carbocycles. The Morgan fingerprint density at radius 2 is 1.72 bits per heavy atom. The van der Waals surface area contributed by atoms with E-state index >= 15 is 0 Å². The lowest BCUT2D eigenvalue weighted by Gasteiger charge is -2.08. The highest BCUT2D eigenvalue weighted by Gasteiger charge is 2.21. The van der Waals surface area contributed by atoms with Gasteiger partial charge in [0.15, 0.2) is 0 Å². The van der Waals surface area contributed by atoms with E-state index in [4.69, 9.17) is 11.6 Å². The molecule has 0 bridgehead atoms. The smallest absolute Gasteiger partial charge is 0.260 e. The molecule has 2 N–H and O–H groups in total. The summed E-state index contributed by atoms with van der Waals surface area (Å²) in [6.45, 7) is 1.95. The number of hydrogen-bond donors (Lipinski definition) is 2. The van der Waals surface area contributed by atoms with Crippen molar-refractivity contribution in [1.82, 2.24) is 4.98 Å². The summed E-state index contributed by atoms with van der Waals surface area (Å²) in [6.07, 6.45) is 0. The molecule has 0 atom stereocenters. The van der Waals surface area contributed by atoms with Gasteiger partial charge in [-0.05, 0) is 18.1 Å². The third-order valence-corrected chi connectivity index (χ3v) is 5.48. The van der Waals surface area contributed by atoms with Crippen molar-refractivity contribution >= 4 is 33.2 Å². The maximum absolute atomic E-state index is 12.6. The van der Waals surface area contributed by atoms with Gasteiger partial charge in [0.25, 0.3) is 5.56 Å². The predicted octanol–water partition coefficient (Wildman–Crippen LogP) is 5.59. The van der Waals surface area contributed by atoms with Gasteiger partial charge in [-0.2, -0.15) is 0 Å². The first-order valence-electron chi connectivity index (χ1n) is 7.76. The van der Waals surface area contributed by atoms with Gasteiger partial charge in [-0.15, -0.1) is 11.3 Å². The number of H-pyrrole nitrogens is 1. The molecule has 124 valence electrons. The van der Waals surface area contributed by atoms with Crippen LogP contribution in [0.2, 0.25) is 4.34 Å². The number of aromatic amines is 1. The Bertz CT molecular complexity index is 1150. The largest absolute Gasteiger partial charge is 0.506 e. The van der Waals surface area contributed by atoms with Crippen molar-refractivity contribution in [3.63, 3.8) is 0 Å². The molecule has 0 saturated heterocycles. The van der Waals surface area contributed by atoms with E-state index in [1.807, 2.05) is 61.5 Å². The highest BCUT2D eigenvalue weighted by atomic mass is 35.5. The van der Waals surface area contributed by atoms with Crippen LogP contribution in [0.25, 0.3) is 32.5 Å². The molecule has 0 aliphatic heterocycles. The van der Waals surface area contributed by atoms with Gasteiger partial charge in [-0.25, -0.2) is 0 Å². The number of aromatic nitrogens is 1. The Kier molecular flexibility index (Phi) is 3.86. The average molecular weight is 368 g/mol. The van der Waals surface area contributed by atoms with E-state index in [2.05, 4.69) is 4.98 Å². The topological polar surface area (TPSA) is 53.1 Å². The van der Waals surface area contributed by atoms with Crippen molar-refractivity contribution in [2.24, 2.45) is 0 Å². The van der Waals surface area contributed by atoms with Crippen LogP contribution in [0.1, 0.15) is 5.56 Å². The van der Waals surface area contributed by atoms with Crippen molar-refractivity contribution in [3.05, 3.63) is 74.9 Å². The number of hydrogen-bond acceptors (Lipinski definition) is 3. The summed E-state index contributed by atoms with van der Waals surface area (Å²) in [5.41, 5.74) is 3.28. The highest BCUT2D eigenvalue weighted by molar-refractivity contribution is 7.23. The number of aromatic hydroxyl groups is 1. The molecule has 0 fully saturated rings.